The minimum absolute atomic E-state index is 0.0386. The number of likely N-dealkylation sites (N-methyl/N-ethyl adjacent to an activating group) is 1. The molecular formula is C29H36N4O5S. The third kappa shape index (κ3) is 6.00. The first kappa shape index (κ1) is 28.4. The van der Waals surface area contributed by atoms with Gasteiger partial charge in [-0.2, -0.15) is 0 Å². The number of aromatic nitrogens is 1. The molecular weight excluding hydrogens is 516 g/mol. The van der Waals surface area contributed by atoms with Crippen LogP contribution < -0.4 is 10.0 Å². The van der Waals surface area contributed by atoms with Crippen LogP contribution in [0.25, 0.3) is 11.1 Å². The molecule has 1 atom stereocenters. The number of carbonyl (C=O) groups is 2. The summed E-state index contributed by atoms with van der Waals surface area (Å²) in [5, 5.41) is 6.55. The molecule has 9 nitrogen and oxygen atoms in total. The van der Waals surface area contributed by atoms with Crippen molar-refractivity contribution in [2.24, 2.45) is 11.8 Å². The molecule has 0 saturated heterocycles. The van der Waals surface area contributed by atoms with Crippen LogP contribution in [0.15, 0.2) is 57.9 Å². The lowest BCUT2D eigenvalue weighted by Crippen LogP contribution is -2.53. The van der Waals surface area contributed by atoms with E-state index >= 15 is 0 Å². The first-order chi connectivity index (χ1) is 18.5. The Balaban J connectivity index is 1.79. The van der Waals surface area contributed by atoms with Gasteiger partial charge in [0.25, 0.3) is 10.0 Å². The van der Waals surface area contributed by atoms with Crippen LogP contribution in [0.4, 0.5) is 5.88 Å². The van der Waals surface area contributed by atoms with Gasteiger partial charge in [-0.05, 0) is 49.8 Å². The molecule has 39 heavy (non-hydrogen) atoms. The minimum Gasteiger partial charge on any atom is -0.357 e. The third-order valence-corrected chi connectivity index (χ3v) is 8.75. The molecule has 0 unspecified atom stereocenters. The van der Waals surface area contributed by atoms with E-state index in [1.54, 1.807) is 37.9 Å². The van der Waals surface area contributed by atoms with E-state index in [0.29, 0.717) is 22.4 Å². The number of anilines is 1. The summed E-state index contributed by atoms with van der Waals surface area (Å²) in [4.78, 5) is 28.1. The van der Waals surface area contributed by atoms with E-state index in [9.17, 15) is 18.0 Å². The van der Waals surface area contributed by atoms with Crippen molar-refractivity contribution in [3.63, 3.8) is 0 Å². The summed E-state index contributed by atoms with van der Waals surface area (Å²) in [6.07, 6.45) is 2.57. The van der Waals surface area contributed by atoms with Crippen LogP contribution in [0.5, 0.6) is 0 Å². The zero-order chi connectivity index (χ0) is 28.3. The number of nitrogens with zero attached hydrogens (tertiary/aromatic N) is 2. The lowest BCUT2D eigenvalue weighted by molar-refractivity contribution is -0.148. The zero-order valence-electron chi connectivity index (χ0n) is 23.0. The maximum Gasteiger partial charge on any atom is 0.264 e. The Morgan fingerprint density at radius 2 is 1.79 bits per heavy atom. The van der Waals surface area contributed by atoms with Crippen molar-refractivity contribution in [2.75, 3.05) is 11.8 Å². The maximum absolute atomic E-state index is 13.7. The Bertz CT molecular complexity index is 1450. The topological polar surface area (TPSA) is 122 Å². The van der Waals surface area contributed by atoms with Gasteiger partial charge in [-0.25, -0.2) is 13.1 Å². The third-order valence-electron chi connectivity index (χ3n) is 7.38. The molecule has 0 spiro atoms. The lowest BCUT2D eigenvalue weighted by Gasteiger charge is -2.38. The number of benzene rings is 2. The fraction of sp³-hybridized carbons (Fsp3) is 0.414. The van der Waals surface area contributed by atoms with Gasteiger partial charge >= 0.3 is 0 Å². The van der Waals surface area contributed by atoms with Crippen LogP contribution in [0.1, 0.15) is 49.9 Å². The normalized spacial score (nSPS) is 14.5. The van der Waals surface area contributed by atoms with Gasteiger partial charge in [-0.3, -0.25) is 9.59 Å². The van der Waals surface area contributed by atoms with Crippen LogP contribution in [0.2, 0.25) is 0 Å². The average molecular weight is 553 g/mol. The van der Waals surface area contributed by atoms with Crippen molar-refractivity contribution < 1.29 is 22.5 Å². The Kier molecular flexibility index (Phi) is 8.44. The largest absolute Gasteiger partial charge is 0.357 e. The van der Waals surface area contributed by atoms with Gasteiger partial charge in [0.2, 0.25) is 17.7 Å². The van der Waals surface area contributed by atoms with Gasteiger partial charge in [0.15, 0.2) is 0 Å². The number of rotatable bonds is 10. The SMILES string of the molecule is CNC(=O)[C@H](C(C)C)N(Cc1ccc(-c2ccccc2)c(S(=O)(=O)Nc2onc(C)c2C)c1)C(=O)C1CCC1. The standard InChI is InChI=1S/C29H36N4O5S/c1-18(2)26(27(34)30-5)33(29(35)23-12-9-13-23)17-21-14-15-24(22-10-7-6-8-11-22)25(16-21)39(36,37)32-28-19(3)20(4)31-38-28/h6-8,10-11,14-16,18,23,26,32H,9,12-13,17H2,1-5H3,(H,30,34)/t26-/m0/s1. The second-order valence-electron chi connectivity index (χ2n) is 10.4. The van der Waals surface area contributed by atoms with E-state index < -0.39 is 16.1 Å². The van der Waals surface area contributed by atoms with Crippen LogP contribution >= 0.6 is 0 Å². The van der Waals surface area contributed by atoms with E-state index in [-0.39, 0.29) is 41.0 Å². The van der Waals surface area contributed by atoms with Gasteiger partial charge in [-0.15, -0.1) is 0 Å². The first-order valence-corrected chi connectivity index (χ1v) is 14.7. The molecule has 1 fully saturated rings. The number of aryl methyl sites for hydroxylation is 1. The van der Waals surface area contributed by atoms with Crippen LogP contribution in [0.3, 0.4) is 0 Å². The molecule has 0 aliphatic heterocycles. The summed E-state index contributed by atoms with van der Waals surface area (Å²) in [6.45, 7) is 7.37. The molecule has 10 heteroatoms. The summed E-state index contributed by atoms with van der Waals surface area (Å²) in [7, 11) is -2.56. The smallest absolute Gasteiger partial charge is 0.264 e. The highest BCUT2D eigenvalue weighted by Crippen LogP contribution is 2.34. The van der Waals surface area contributed by atoms with Crippen molar-refractivity contribution in [3.05, 3.63) is 65.4 Å². The number of nitrogens with one attached hydrogen (secondary N) is 2. The van der Waals surface area contributed by atoms with Gasteiger partial charge < -0.3 is 14.7 Å². The number of sulfonamides is 1. The molecule has 2 aromatic carbocycles. The van der Waals surface area contributed by atoms with Crippen molar-refractivity contribution in [1.82, 2.24) is 15.4 Å². The van der Waals surface area contributed by atoms with E-state index in [1.165, 1.54) is 0 Å². The fourth-order valence-electron chi connectivity index (χ4n) is 4.78. The molecule has 1 aromatic heterocycles. The van der Waals surface area contributed by atoms with E-state index in [1.807, 2.05) is 50.2 Å². The quantitative estimate of drug-likeness (QED) is 0.377. The van der Waals surface area contributed by atoms with E-state index in [2.05, 4.69) is 15.2 Å². The van der Waals surface area contributed by atoms with E-state index in [0.717, 1.165) is 24.8 Å². The van der Waals surface area contributed by atoms with Gasteiger partial charge in [0, 0.05) is 30.6 Å². The van der Waals surface area contributed by atoms with E-state index in [4.69, 9.17) is 4.52 Å². The van der Waals surface area contributed by atoms with Crippen molar-refractivity contribution in [2.45, 2.75) is 64.4 Å². The molecule has 0 radical (unpaired) electrons. The van der Waals surface area contributed by atoms with Crippen LogP contribution in [0, 0.1) is 25.7 Å². The Labute approximate surface area is 230 Å². The highest BCUT2D eigenvalue weighted by Gasteiger charge is 2.37. The Morgan fingerprint density at radius 1 is 1.10 bits per heavy atom. The molecule has 1 saturated carbocycles. The number of hydrogen-bond donors (Lipinski definition) is 2. The summed E-state index contributed by atoms with van der Waals surface area (Å²) in [6, 6.07) is 13.7. The molecule has 0 bridgehead atoms. The Hall–Kier alpha value is -3.66. The molecule has 1 heterocycles. The molecule has 2 amide bonds. The predicted octanol–water partition coefficient (Wildman–Crippen LogP) is 4.66. The molecule has 1 aliphatic carbocycles. The highest BCUT2D eigenvalue weighted by atomic mass is 32.2. The van der Waals surface area contributed by atoms with Crippen molar-refractivity contribution in [1.29, 1.82) is 0 Å². The second kappa shape index (κ2) is 11.6. The highest BCUT2D eigenvalue weighted by molar-refractivity contribution is 7.92. The number of amides is 2. The van der Waals surface area contributed by atoms with Crippen LogP contribution in [-0.4, -0.2) is 43.4 Å². The molecule has 208 valence electrons. The number of hydrogen-bond acceptors (Lipinski definition) is 6. The molecule has 4 rings (SSSR count). The molecule has 3 aromatic rings. The summed E-state index contributed by atoms with van der Waals surface area (Å²) in [5.41, 5.74) is 3.01. The zero-order valence-corrected chi connectivity index (χ0v) is 23.8. The van der Waals surface area contributed by atoms with Gasteiger partial charge in [0.1, 0.15) is 6.04 Å². The second-order valence-corrected chi connectivity index (χ2v) is 12.1. The summed E-state index contributed by atoms with van der Waals surface area (Å²) in [5.74, 6) is -0.532. The number of carbonyl (C=O) groups excluding carboxylic acids is 2. The summed E-state index contributed by atoms with van der Waals surface area (Å²) < 4.78 is 35.3. The minimum atomic E-state index is -4.11. The van der Waals surface area contributed by atoms with Crippen molar-refractivity contribution >= 4 is 27.7 Å². The van der Waals surface area contributed by atoms with Gasteiger partial charge in [0.05, 0.1) is 10.6 Å². The predicted molar refractivity (Wildman–Crippen MR) is 149 cm³/mol. The van der Waals surface area contributed by atoms with Crippen LogP contribution in [-0.2, 0) is 26.2 Å². The molecule has 1 aliphatic rings. The summed E-state index contributed by atoms with van der Waals surface area (Å²) >= 11 is 0. The van der Waals surface area contributed by atoms with Crippen molar-refractivity contribution in [3.8, 4) is 11.1 Å². The Morgan fingerprint density at radius 3 is 2.33 bits per heavy atom. The monoisotopic (exact) mass is 552 g/mol. The fourth-order valence-corrected chi connectivity index (χ4v) is 6.11. The molecule has 2 N–H and O–H groups in total. The lowest BCUT2D eigenvalue weighted by atomic mass is 9.83. The maximum atomic E-state index is 13.7. The first-order valence-electron chi connectivity index (χ1n) is 13.2. The van der Waals surface area contributed by atoms with Gasteiger partial charge in [-0.1, -0.05) is 67.9 Å². The average Bonchev–Trinajstić information content (AvgIpc) is 3.19.